The Morgan fingerprint density at radius 1 is 0.906 bits per heavy atom. The van der Waals surface area contributed by atoms with Gasteiger partial charge in [-0.1, -0.05) is 47.5 Å². The van der Waals surface area contributed by atoms with E-state index in [-0.39, 0.29) is 5.91 Å². The lowest BCUT2D eigenvalue weighted by Gasteiger charge is -2.22. The molecule has 1 amide bonds. The van der Waals surface area contributed by atoms with E-state index in [1.807, 2.05) is 52.8 Å². The Morgan fingerprint density at radius 3 is 2.25 bits per heavy atom. The monoisotopic (exact) mass is 486 g/mol. The van der Waals surface area contributed by atoms with Crippen LogP contribution in [0, 0.1) is 5.92 Å². The van der Waals surface area contributed by atoms with Crippen molar-refractivity contribution in [2.45, 2.75) is 30.8 Å². The molecule has 0 aliphatic heterocycles. The van der Waals surface area contributed by atoms with Crippen molar-refractivity contribution in [1.82, 2.24) is 9.62 Å². The molecule has 32 heavy (non-hydrogen) atoms. The van der Waals surface area contributed by atoms with Gasteiger partial charge in [0, 0.05) is 35.2 Å². The van der Waals surface area contributed by atoms with Crippen LogP contribution < -0.4 is 5.32 Å². The van der Waals surface area contributed by atoms with Crippen LogP contribution >= 0.6 is 23.2 Å². The van der Waals surface area contributed by atoms with Gasteiger partial charge < -0.3 is 5.32 Å². The number of nitrogens with one attached hydrogen (secondary N) is 1. The summed E-state index contributed by atoms with van der Waals surface area (Å²) < 4.78 is 15.2. The first-order valence-corrected chi connectivity index (χ1v) is 12.4. The van der Waals surface area contributed by atoms with Crippen molar-refractivity contribution in [2.75, 3.05) is 6.54 Å². The Balaban J connectivity index is 1.50. The summed E-state index contributed by atoms with van der Waals surface area (Å²) in [5, 5.41) is 4.22. The van der Waals surface area contributed by atoms with Crippen LogP contribution in [0.2, 0.25) is 10.0 Å². The number of carbonyl (C=O) groups excluding carboxylic acids is 1. The van der Waals surface area contributed by atoms with Gasteiger partial charge in [-0.3, -0.25) is 4.79 Å². The maximum Gasteiger partial charge on any atom is 0.251 e. The normalized spacial score (nSPS) is 14.3. The Labute approximate surface area is 201 Å². The fourth-order valence-electron chi connectivity index (χ4n) is 3.34. The fourth-order valence-corrected chi connectivity index (χ4v) is 4.88. The number of benzene rings is 3. The van der Waals surface area contributed by atoms with E-state index >= 15 is 0 Å². The zero-order valence-electron chi connectivity index (χ0n) is 17.5. The minimum absolute atomic E-state index is 0.0519. The summed E-state index contributed by atoms with van der Waals surface area (Å²) in [4.78, 5) is 13.0. The molecule has 1 unspecified atom stereocenters. The third kappa shape index (κ3) is 6.42. The fraction of sp³-hybridized carbons (Fsp3) is 0.240. The third-order valence-corrected chi connectivity index (χ3v) is 7.21. The second-order valence-electron chi connectivity index (χ2n) is 7.98. The molecule has 0 saturated heterocycles. The molecule has 0 aromatic heterocycles. The molecule has 1 atom stereocenters. The lowest BCUT2D eigenvalue weighted by molar-refractivity contribution is 0.0952. The number of nitrogens with zero attached hydrogens (tertiary/aromatic N) is 1. The molecule has 7 heteroatoms. The van der Waals surface area contributed by atoms with Gasteiger partial charge in [0.05, 0.1) is 4.90 Å². The highest BCUT2D eigenvalue weighted by Gasteiger charge is 2.22. The maximum atomic E-state index is 13.4. The predicted molar refractivity (Wildman–Crippen MR) is 130 cm³/mol. The summed E-state index contributed by atoms with van der Waals surface area (Å²) >= 11 is 12.1. The zero-order valence-corrected chi connectivity index (χ0v) is 19.8. The number of halogens is 2. The van der Waals surface area contributed by atoms with Gasteiger partial charge >= 0.3 is 0 Å². The van der Waals surface area contributed by atoms with E-state index in [0.717, 1.165) is 17.7 Å². The summed E-state index contributed by atoms with van der Waals surface area (Å²) in [6.07, 6.45) is 2.40. The number of hydrogen-bond acceptors (Lipinski definition) is 2. The average molecular weight is 487 g/mol. The topological polar surface area (TPSA) is 49.4 Å². The summed E-state index contributed by atoms with van der Waals surface area (Å²) in [6.45, 7) is 1.65. The molecule has 0 radical (unpaired) electrons. The molecule has 0 heterocycles. The molecule has 1 N–H and O–H groups in total. The summed E-state index contributed by atoms with van der Waals surface area (Å²) in [7, 11) is -1.40. The standard InChI is InChI=1S/C25H24Cl2N2O2S/c26-22-10-12-24(13-11-22)32(31)29(17-20-2-1-3-23(27)14-20)16-19-6-8-21(9-7-19)25(30)28-15-18-4-5-18/h1-3,6-14,18H,4-5,15-17H2,(H,28,30). The van der Waals surface area contributed by atoms with Crippen molar-refractivity contribution in [3.05, 3.63) is 99.5 Å². The first-order valence-electron chi connectivity index (χ1n) is 10.5. The van der Waals surface area contributed by atoms with Crippen LogP contribution in [0.1, 0.15) is 34.3 Å². The molecule has 0 bridgehead atoms. The molecule has 3 aromatic rings. The van der Waals surface area contributed by atoms with Gasteiger partial charge in [-0.2, -0.15) is 0 Å². The van der Waals surface area contributed by atoms with E-state index in [1.54, 1.807) is 24.3 Å². The van der Waals surface area contributed by atoms with Crippen molar-refractivity contribution in [3.63, 3.8) is 0 Å². The average Bonchev–Trinajstić information content (AvgIpc) is 3.62. The van der Waals surface area contributed by atoms with Crippen LogP contribution in [0.3, 0.4) is 0 Å². The molecule has 166 valence electrons. The van der Waals surface area contributed by atoms with Gasteiger partial charge in [-0.15, -0.1) is 0 Å². The van der Waals surface area contributed by atoms with Crippen molar-refractivity contribution in [1.29, 1.82) is 0 Å². The van der Waals surface area contributed by atoms with Crippen molar-refractivity contribution < 1.29 is 9.00 Å². The molecule has 3 aromatic carbocycles. The van der Waals surface area contributed by atoms with E-state index < -0.39 is 11.0 Å². The van der Waals surface area contributed by atoms with Crippen molar-refractivity contribution in [2.24, 2.45) is 5.92 Å². The predicted octanol–water partition coefficient (Wildman–Crippen LogP) is 5.86. The molecular formula is C25H24Cl2N2O2S. The quantitative estimate of drug-likeness (QED) is 0.411. The smallest absolute Gasteiger partial charge is 0.251 e. The zero-order chi connectivity index (χ0) is 22.5. The van der Waals surface area contributed by atoms with Crippen molar-refractivity contribution in [3.8, 4) is 0 Å². The van der Waals surface area contributed by atoms with E-state index in [4.69, 9.17) is 23.2 Å². The molecule has 4 nitrogen and oxygen atoms in total. The summed E-state index contributed by atoms with van der Waals surface area (Å²) in [5.41, 5.74) is 2.57. The molecular weight excluding hydrogens is 463 g/mol. The first kappa shape index (κ1) is 23.0. The van der Waals surface area contributed by atoms with Crippen LogP contribution in [0.15, 0.2) is 77.7 Å². The number of carbonyl (C=O) groups is 1. The maximum absolute atomic E-state index is 13.4. The van der Waals surface area contributed by atoms with E-state index in [1.165, 1.54) is 12.8 Å². The Morgan fingerprint density at radius 2 is 1.59 bits per heavy atom. The Bertz CT molecular complexity index is 1100. The molecule has 0 spiro atoms. The van der Waals surface area contributed by atoms with Gasteiger partial charge in [-0.25, -0.2) is 8.51 Å². The summed E-state index contributed by atoms with van der Waals surface area (Å²) in [6, 6.07) is 22.0. The highest BCUT2D eigenvalue weighted by atomic mass is 35.5. The minimum atomic E-state index is -1.40. The minimum Gasteiger partial charge on any atom is -0.352 e. The lowest BCUT2D eigenvalue weighted by Crippen LogP contribution is -2.26. The Hall–Kier alpha value is -2.18. The lowest BCUT2D eigenvalue weighted by atomic mass is 10.1. The van der Waals surface area contributed by atoms with E-state index in [9.17, 15) is 9.00 Å². The van der Waals surface area contributed by atoms with E-state index in [0.29, 0.717) is 39.5 Å². The highest BCUT2D eigenvalue weighted by Crippen LogP contribution is 2.27. The van der Waals surface area contributed by atoms with E-state index in [2.05, 4.69) is 5.32 Å². The van der Waals surface area contributed by atoms with Gasteiger partial charge in [0.1, 0.15) is 11.0 Å². The van der Waals surface area contributed by atoms with Gasteiger partial charge in [-0.05, 0) is 78.4 Å². The van der Waals surface area contributed by atoms with Crippen LogP contribution in [0.5, 0.6) is 0 Å². The SMILES string of the molecule is O=C(NCC1CC1)c1ccc(CN(Cc2cccc(Cl)c2)S(=O)c2ccc(Cl)cc2)cc1. The first-order chi connectivity index (χ1) is 15.5. The van der Waals surface area contributed by atoms with Gasteiger partial charge in [0.25, 0.3) is 5.91 Å². The van der Waals surface area contributed by atoms with Crippen LogP contribution in [-0.4, -0.2) is 21.0 Å². The molecule has 1 aliphatic carbocycles. The van der Waals surface area contributed by atoms with Gasteiger partial charge in [0.15, 0.2) is 0 Å². The number of rotatable bonds is 9. The van der Waals surface area contributed by atoms with Crippen molar-refractivity contribution >= 4 is 40.1 Å². The van der Waals surface area contributed by atoms with Gasteiger partial charge in [0.2, 0.25) is 0 Å². The Kier molecular flexibility index (Phi) is 7.63. The molecule has 1 fully saturated rings. The number of amides is 1. The largest absolute Gasteiger partial charge is 0.352 e. The molecule has 1 aliphatic rings. The second-order valence-corrected chi connectivity index (χ2v) is 10.3. The number of hydrogen-bond donors (Lipinski definition) is 1. The van der Waals surface area contributed by atoms with Crippen LogP contribution in [0.4, 0.5) is 0 Å². The molecule has 1 saturated carbocycles. The summed E-state index contributed by atoms with van der Waals surface area (Å²) in [5.74, 6) is 0.588. The highest BCUT2D eigenvalue weighted by molar-refractivity contribution is 7.82. The van der Waals surface area contributed by atoms with Crippen LogP contribution in [-0.2, 0) is 24.1 Å². The van der Waals surface area contributed by atoms with Crippen LogP contribution in [0.25, 0.3) is 0 Å². The second kappa shape index (κ2) is 10.6. The molecule has 4 rings (SSSR count). The third-order valence-electron chi connectivity index (χ3n) is 5.32.